The topological polar surface area (TPSA) is 9.23 Å². The normalized spacial score (nSPS) is 16.0. The predicted octanol–water partition coefficient (Wildman–Crippen LogP) is 6.14. The molecule has 112 valence electrons. The Hall–Kier alpha value is -1.76. The third kappa shape index (κ3) is 2.46. The molecule has 3 rings (SSSR count). The molecule has 0 saturated carbocycles. The molecule has 1 aliphatic heterocycles. The average molecular weight is 282 g/mol. The highest BCUT2D eigenvalue weighted by atomic mass is 16.5. The van der Waals surface area contributed by atoms with Crippen molar-refractivity contribution in [1.82, 2.24) is 0 Å². The smallest absolute Gasteiger partial charge is 0.136 e. The van der Waals surface area contributed by atoms with Gasteiger partial charge in [-0.15, -0.1) is 0 Å². The summed E-state index contributed by atoms with van der Waals surface area (Å²) < 4.78 is 6.34. The minimum Gasteiger partial charge on any atom is -0.482 e. The molecular formula is C20H26O. The zero-order valence-corrected chi connectivity index (χ0v) is 14.3. The zero-order valence-electron chi connectivity index (χ0n) is 14.3. The Kier molecular flexibility index (Phi) is 4.13. The third-order valence-corrected chi connectivity index (χ3v) is 4.40. The van der Waals surface area contributed by atoms with Crippen molar-refractivity contribution >= 4 is 16.3 Å². The molecule has 1 nitrogen and oxygen atoms in total. The molecule has 0 fully saturated rings. The van der Waals surface area contributed by atoms with Crippen molar-refractivity contribution in [3.05, 3.63) is 47.0 Å². The van der Waals surface area contributed by atoms with Crippen LogP contribution in [0.15, 0.2) is 35.9 Å². The number of fused-ring (bicyclic) bond motifs is 3. The van der Waals surface area contributed by atoms with Gasteiger partial charge in [-0.05, 0) is 56.7 Å². The fraction of sp³-hybridized carbons (Fsp3) is 0.400. The molecule has 0 amide bonds. The van der Waals surface area contributed by atoms with Gasteiger partial charge in [0.25, 0.3) is 0 Å². The summed E-state index contributed by atoms with van der Waals surface area (Å²) in [6.45, 7) is 14.8. The van der Waals surface area contributed by atoms with E-state index in [0.29, 0.717) is 0 Å². The highest BCUT2D eigenvalue weighted by molar-refractivity contribution is 5.96. The van der Waals surface area contributed by atoms with Gasteiger partial charge >= 0.3 is 0 Å². The van der Waals surface area contributed by atoms with Gasteiger partial charge in [-0.1, -0.05) is 44.2 Å². The van der Waals surface area contributed by atoms with E-state index in [0.717, 1.165) is 5.75 Å². The molecule has 1 heterocycles. The molecule has 0 aromatic heterocycles. The molecule has 0 bridgehead atoms. The van der Waals surface area contributed by atoms with Crippen LogP contribution in [0, 0.1) is 6.92 Å². The molecular weight excluding hydrogens is 256 g/mol. The molecule has 0 saturated heterocycles. The number of ether oxygens (including phenoxy) is 1. The van der Waals surface area contributed by atoms with Gasteiger partial charge in [0.2, 0.25) is 0 Å². The number of aryl methyl sites for hydroxylation is 1. The Balaban J connectivity index is 0.000000774. The van der Waals surface area contributed by atoms with Crippen molar-refractivity contribution in [3.63, 3.8) is 0 Å². The van der Waals surface area contributed by atoms with Gasteiger partial charge < -0.3 is 4.74 Å². The Labute approximate surface area is 128 Å². The second-order valence-electron chi connectivity index (χ2n) is 5.98. The van der Waals surface area contributed by atoms with Crippen LogP contribution < -0.4 is 4.74 Å². The largest absolute Gasteiger partial charge is 0.482 e. The summed E-state index contributed by atoms with van der Waals surface area (Å²) in [6.07, 6.45) is 0. The van der Waals surface area contributed by atoms with Crippen LogP contribution in [0.5, 0.6) is 5.75 Å². The first-order chi connectivity index (χ1) is 9.92. The van der Waals surface area contributed by atoms with Crippen LogP contribution in [0.3, 0.4) is 0 Å². The first kappa shape index (κ1) is 15.6. The maximum absolute atomic E-state index is 6.34. The zero-order chi connectivity index (χ0) is 15.8. The lowest BCUT2D eigenvalue weighted by Crippen LogP contribution is -2.33. The summed E-state index contributed by atoms with van der Waals surface area (Å²) in [7, 11) is 0. The van der Waals surface area contributed by atoms with Crippen LogP contribution in [0.2, 0.25) is 0 Å². The lowest BCUT2D eigenvalue weighted by Gasteiger charge is -2.36. The van der Waals surface area contributed by atoms with E-state index in [2.05, 4.69) is 65.0 Å². The Bertz CT molecular complexity index is 705. The Morgan fingerprint density at radius 3 is 2.24 bits per heavy atom. The fourth-order valence-corrected chi connectivity index (χ4v) is 2.99. The van der Waals surface area contributed by atoms with Gasteiger partial charge in [0.1, 0.15) is 11.4 Å². The summed E-state index contributed by atoms with van der Waals surface area (Å²) in [5.41, 5.74) is 5.01. The summed E-state index contributed by atoms with van der Waals surface area (Å²) in [5.74, 6) is 1.05. The summed E-state index contributed by atoms with van der Waals surface area (Å²) >= 11 is 0. The van der Waals surface area contributed by atoms with E-state index in [1.54, 1.807) is 0 Å². The van der Waals surface area contributed by atoms with Crippen molar-refractivity contribution in [2.45, 2.75) is 54.1 Å². The molecule has 0 unspecified atom stereocenters. The van der Waals surface area contributed by atoms with Gasteiger partial charge in [-0.25, -0.2) is 0 Å². The molecule has 0 N–H and O–H groups in total. The monoisotopic (exact) mass is 282 g/mol. The SMILES string of the molecule is CC.CC1=C(C)C(C)(C)Oc2c1c(C)cc1ccccc21. The molecule has 21 heavy (non-hydrogen) atoms. The highest BCUT2D eigenvalue weighted by Crippen LogP contribution is 2.45. The van der Waals surface area contributed by atoms with Crippen LogP contribution in [-0.2, 0) is 0 Å². The number of rotatable bonds is 0. The minimum absolute atomic E-state index is 0.229. The van der Waals surface area contributed by atoms with E-state index in [1.165, 1.54) is 33.0 Å². The van der Waals surface area contributed by atoms with E-state index >= 15 is 0 Å². The van der Waals surface area contributed by atoms with Gasteiger partial charge in [0.15, 0.2) is 0 Å². The van der Waals surface area contributed by atoms with Crippen molar-refractivity contribution in [1.29, 1.82) is 0 Å². The van der Waals surface area contributed by atoms with E-state index in [9.17, 15) is 0 Å². The van der Waals surface area contributed by atoms with Crippen molar-refractivity contribution in [2.24, 2.45) is 0 Å². The molecule has 0 spiro atoms. The van der Waals surface area contributed by atoms with Crippen LogP contribution in [0.25, 0.3) is 16.3 Å². The van der Waals surface area contributed by atoms with Crippen LogP contribution in [0.1, 0.15) is 52.7 Å². The maximum Gasteiger partial charge on any atom is 0.136 e. The summed E-state index contributed by atoms with van der Waals surface area (Å²) in [4.78, 5) is 0. The fourth-order valence-electron chi connectivity index (χ4n) is 2.99. The molecule has 2 aromatic carbocycles. The molecule has 0 atom stereocenters. The van der Waals surface area contributed by atoms with E-state index < -0.39 is 0 Å². The number of allylic oxidation sites excluding steroid dienone is 1. The maximum atomic E-state index is 6.34. The van der Waals surface area contributed by atoms with Gasteiger partial charge in [-0.2, -0.15) is 0 Å². The van der Waals surface area contributed by atoms with Gasteiger partial charge in [0, 0.05) is 10.9 Å². The molecule has 2 aromatic rings. The third-order valence-electron chi connectivity index (χ3n) is 4.40. The summed E-state index contributed by atoms with van der Waals surface area (Å²) in [6, 6.07) is 10.7. The first-order valence-corrected chi connectivity index (χ1v) is 7.81. The van der Waals surface area contributed by atoms with E-state index in [4.69, 9.17) is 4.74 Å². The molecule has 1 aliphatic rings. The Morgan fingerprint density at radius 2 is 1.57 bits per heavy atom. The average Bonchev–Trinajstić information content (AvgIpc) is 2.46. The second kappa shape index (κ2) is 5.55. The van der Waals surface area contributed by atoms with Crippen LogP contribution in [-0.4, -0.2) is 5.60 Å². The van der Waals surface area contributed by atoms with Crippen LogP contribution in [0.4, 0.5) is 0 Å². The van der Waals surface area contributed by atoms with Gasteiger partial charge in [0.05, 0.1) is 0 Å². The second-order valence-corrected chi connectivity index (χ2v) is 5.98. The quantitative estimate of drug-likeness (QED) is 0.564. The minimum atomic E-state index is -0.229. The van der Waals surface area contributed by atoms with Gasteiger partial charge in [-0.3, -0.25) is 0 Å². The predicted molar refractivity (Wildman–Crippen MR) is 93.0 cm³/mol. The first-order valence-electron chi connectivity index (χ1n) is 7.81. The molecule has 0 aliphatic carbocycles. The summed E-state index contributed by atoms with van der Waals surface area (Å²) in [5, 5.41) is 2.46. The Morgan fingerprint density at radius 1 is 0.952 bits per heavy atom. The highest BCUT2D eigenvalue weighted by Gasteiger charge is 2.32. The van der Waals surface area contributed by atoms with Crippen molar-refractivity contribution in [3.8, 4) is 5.75 Å². The lowest BCUT2D eigenvalue weighted by atomic mass is 9.85. The molecule has 0 radical (unpaired) electrons. The standard InChI is InChI=1S/C18H20O.C2H6/c1-11-10-14-8-6-7-9-15(14)17-16(11)12(2)13(3)18(4,5)19-17;1-2/h6-10H,1-5H3;1-2H3. The number of hydrogen-bond donors (Lipinski definition) is 0. The van der Waals surface area contributed by atoms with E-state index in [1.807, 2.05) is 13.8 Å². The van der Waals surface area contributed by atoms with Crippen molar-refractivity contribution < 1.29 is 4.74 Å². The van der Waals surface area contributed by atoms with E-state index in [-0.39, 0.29) is 5.60 Å². The van der Waals surface area contributed by atoms with Crippen LogP contribution >= 0.6 is 0 Å². The number of benzene rings is 2. The number of hydrogen-bond acceptors (Lipinski definition) is 1. The molecule has 1 heteroatoms. The van der Waals surface area contributed by atoms with Crippen molar-refractivity contribution in [2.75, 3.05) is 0 Å². The lowest BCUT2D eigenvalue weighted by molar-refractivity contribution is 0.146.